The highest BCUT2D eigenvalue weighted by Gasteiger charge is 2.16. The molecule has 0 saturated carbocycles. The summed E-state index contributed by atoms with van der Waals surface area (Å²) in [5.74, 6) is -4.95. The van der Waals surface area contributed by atoms with Crippen molar-refractivity contribution < 1.29 is 18.0 Å². The van der Waals surface area contributed by atoms with E-state index in [4.69, 9.17) is 0 Å². The van der Waals surface area contributed by atoms with Crippen LogP contribution < -0.4 is 5.69 Å². The number of carbonyl (C=O) groups is 1. The summed E-state index contributed by atoms with van der Waals surface area (Å²) in [6.45, 7) is 0. The van der Waals surface area contributed by atoms with Crippen LogP contribution in [0.25, 0.3) is 0 Å². The molecule has 1 aromatic heterocycles. The second kappa shape index (κ2) is 6.42. The van der Waals surface area contributed by atoms with E-state index in [9.17, 15) is 22.8 Å². The number of rotatable bonds is 3. The van der Waals surface area contributed by atoms with E-state index in [0.29, 0.717) is 16.8 Å². The summed E-state index contributed by atoms with van der Waals surface area (Å²) in [6, 6.07) is 2.32. The molecule has 2 aromatic rings. The molecular formula is C14H11F3N4O2. The summed E-state index contributed by atoms with van der Waals surface area (Å²) in [5, 5.41) is 0. The quantitative estimate of drug-likeness (QED) is 0.635. The molecule has 0 atom stereocenters. The smallest absolute Gasteiger partial charge is 0.356 e. The standard InChI is InChI=1S/C14H11F3N4O2/c1-20(2)7-18-12-11(17)6-21(14(23)19-12)13(22)8-3-4-9(15)10(16)5-8/h3-7H,1-2H3/b18-7+. The van der Waals surface area contributed by atoms with Crippen LogP contribution in [0.3, 0.4) is 0 Å². The van der Waals surface area contributed by atoms with E-state index in [-0.39, 0.29) is 5.56 Å². The Morgan fingerprint density at radius 2 is 1.91 bits per heavy atom. The van der Waals surface area contributed by atoms with Gasteiger partial charge in [0.2, 0.25) is 0 Å². The fourth-order valence-electron chi connectivity index (χ4n) is 1.60. The number of benzene rings is 1. The Morgan fingerprint density at radius 3 is 2.52 bits per heavy atom. The van der Waals surface area contributed by atoms with E-state index in [1.165, 1.54) is 11.2 Å². The summed E-state index contributed by atoms with van der Waals surface area (Å²) in [5.41, 5.74) is -1.41. The van der Waals surface area contributed by atoms with Crippen LogP contribution >= 0.6 is 0 Å². The molecule has 0 spiro atoms. The predicted octanol–water partition coefficient (Wildman–Crippen LogP) is 1.57. The lowest BCUT2D eigenvalue weighted by atomic mass is 10.2. The van der Waals surface area contributed by atoms with E-state index in [1.807, 2.05) is 0 Å². The Balaban J connectivity index is 2.44. The second-order valence-corrected chi connectivity index (χ2v) is 4.71. The van der Waals surface area contributed by atoms with Crippen molar-refractivity contribution in [2.24, 2.45) is 4.99 Å². The molecule has 0 saturated heterocycles. The number of hydrogen-bond acceptors (Lipinski definition) is 4. The first-order valence-electron chi connectivity index (χ1n) is 6.29. The van der Waals surface area contributed by atoms with Gasteiger partial charge in [-0.2, -0.15) is 4.98 Å². The molecule has 0 N–H and O–H groups in total. The van der Waals surface area contributed by atoms with Gasteiger partial charge in [0, 0.05) is 19.7 Å². The van der Waals surface area contributed by atoms with Crippen LogP contribution in [0.15, 0.2) is 34.2 Å². The van der Waals surface area contributed by atoms with Crippen molar-refractivity contribution in [1.29, 1.82) is 0 Å². The van der Waals surface area contributed by atoms with Crippen LogP contribution in [-0.2, 0) is 0 Å². The summed E-state index contributed by atoms with van der Waals surface area (Å²) in [4.78, 5) is 32.4. The van der Waals surface area contributed by atoms with Gasteiger partial charge in [0.25, 0.3) is 5.91 Å². The zero-order valence-corrected chi connectivity index (χ0v) is 12.1. The summed E-state index contributed by atoms with van der Waals surface area (Å²) in [6.07, 6.45) is 1.83. The Kier molecular flexibility index (Phi) is 4.58. The maximum atomic E-state index is 13.9. The number of aliphatic imine (C=N–C) groups is 1. The van der Waals surface area contributed by atoms with Crippen molar-refractivity contribution in [1.82, 2.24) is 14.5 Å². The van der Waals surface area contributed by atoms with Gasteiger partial charge >= 0.3 is 5.69 Å². The number of halogens is 3. The predicted molar refractivity (Wildman–Crippen MR) is 76.4 cm³/mol. The molecule has 6 nitrogen and oxygen atoms in total. The normalized spacial score (nSPS) is 11.0. The van der Waals surface area contributed by atoms with Gasteiger partial charge < -0.3 is 4.90 Å². The molecule has 0 aliphatic carbocycles. The average Bonchev–Trinajstić information content (AvgIpc) is 2.49. The topological polar surface area (TPSA) is 67.6 Å². The first kappa shape index (κ1) is 16.4. The van der Waals surface area contributed by atoms with Crippen molar-refractivity contribution in [2.75, 3.05) is 14.1 Å². The summed E-state index contributed by atoms with van der Waals surface area (Å²) in [7, 11) is 3.27. The van der Waals surface area contributed by atoms with Crippen LogP contribution in [0.4, 0.5) is 19.0 Å². The minimum absolute atomic E-state index is 0.322. The summed E-state index contributed by atoms with van der Waals surface area (Å²) < 4.78 is 40.2. The lowest BCUT2D eigenvalue weighted by Gasteiger charge is -2.06. The lowest BCUT2D eigenvalue weighted by molar-refractivity contribution is 0.0952. The number of hydrogen-bond donors (Lipinski definition) is 0. The van der Waals surface area contributed by atoms with Gasteiger partial charge in [0.05, 0.1) is 12.5 Å². The third-order valence-electron chi connectivity index (χ3n) is 2.66. The van der Waals surface area contributed by atoms with Gasteiger partial charge in [-0.1, -0.05) is 0 Å². The fraction of sp³-hybridized carbons (Fsp3) is 0.143. The molecule has 9 heteroatoms. The van der Waals surface area contributed by atoms with E-state index in [1.54, 1.807) is 14.1 Å². The highest BCUT2D eigenvalue weighted by molar-refractivity contribution is 5.95. The first-order valence-corrected chi connectivity index (χ1v) is 6.29. The molecule has 0 unspecified atom stereocenters. The molecular weight excluding hydrogens is 313 g/mol. The molecule has 1 aromatic carbocycles. The van der Waals surface area contributed by atoms with Gasteiger partial charge in [-0.15, -0.1) is 0 Å². The second-order valence-electron chi connectivity index (χ2n) is 4.71. The minimum atomic E-state index is -1.26. The highest BCUT2D eigenvalue weighted by atomic mass is 19.2. The van der Waals surface area contributed by atoms with Gasteiger partial charge in [-0.3, -0.25) is 4.79 Å². The van der Waals surface area contributed by atoms with Gasteiger partial charge in [-0.25, -0.2) is 27.5 Å². The Hall–Kier alpha value is -2.97. The van der Waals surface area contributed by atoms with E-state index >= 15 is 0 Å². The van der Waals surface area contributed by atoms with Gasteiger partial charge in [0.1, 0.15) is 0 Å². The zero-order chi connectivity index (χ0) is 17.1. The highest BCUT2D eigenvalue weighted by Crippen LogP contribution is 2.13. The maximum Gasteiger partial charge on any atom is 0.356 e. The minimum Gasteiger partial charge on any atom is -0.369 e. The molecule has 1 heterocycles. The van der Waals surface area contributed by atoms with Crippen LogP contribution in [0.2, 0.25) is 0 Å². The van der Waals surface area contributed by atoms with Crippen LogP contribution in [0.1, 0.15) is 10.4 Å². The summed E-state index contributed by atoms with van der Waals surface area (Å²) >= 11 is 0. The lowest BCUT2D eigenvalue weighted by Crippen LogP contribution is -2.29. The van der Waals surface area contributed by atoms with Gasteiger partial charge in [0.15, 0.2) is 23.3 Å². The van der Waals surface area contributed by atoms with E-state index < -0.39 is 34.9 Å². The van der Waals surface area contributed by atoms with Crippen molar-refractivity contribution in [3.05, 3.63) is 57.9 Å². The molecule has 0 amide bonds. The SMILES string of the molecule is CN(C)/C=N/c1nc(=O)n(C(=O)c2ccc(F)c(F)c2)cc1F. The van der Waals surface area contributed by atoms with Crippen LogP contribution in [-0.4, -0.2) is 40.8 Å². The molecule has 2 rings (SSSR count). The zero-order valence-electron chi connectivity index (χ0n) is 12.1. The molecule has 0 bridgehead atoms. The number of nitrogens with zero attached hydrogens (tertiary/aromatic N) is 4. The maximum absolute atomic E-state index is 13.9. The van der Waals surface area contributed by atoms with Gasteiger partial charge in [-0.05, 0) is 18.2 Å². The Morgan fingerprint density at radius 1 is 1.22 bits per heavy atom. The molecule has 0 aliphatic heterocycles. The Labute approximate surface area is 128 Å². The van der Waals surface area contributed by atoms with E-state index in [0.717, 1.165) is 12.1 Å². The monoisotopic (exact) mass is 324 g/mol. The van der Waals surface area contributed by atoms with Crippen molar-refractivity contribution >= 4 is 18.1 Å². The molecule has 0 fully saturated rings. The largest absolute Gasteiger partial charge is 0.369 e. The number of carbonyl (C=O) groups excluding carboxylic acids is 1. The third kappa shape index (κ3) is 3.62. The Bertz CT molecular complexity index is 846. The first-order chi connectivity index (χ1) is 10.8. The third-order valence-corrected chi connectivity index (χ3v) is 2.66. The van der Waals surface area contributed by atoms with Crippen LogP contribution in [0.5, 0.6) is 0 Å². The molecule has 120 valence electrons. The fourth-order valence-corrected chi connectivity index (χ4v) is 1.60. The van der Waals surface area contributed by atoms with E-state index in [2.05, 4.69) is 9.98 Å². The number of aromatic nitrogens is 2. The molecule has 0 radical (unpaired) electrons. The average molecular weight is 324 g/mol. The van der Waals surface area contributed by atoms with Crippen molar-refractivity contribution in [2.45, 2.75) is 0 Å². The molecule has 23 heavy (non-hydrogen) atoms. The van der Waals surface area contributed by atoms with Crippen molar-refractivity contribution in [3.63, 3.8) is 0 Å². The van der Waals surface area contributed by atoms with Crippen LogP contribution in [0, 0.1) is 17.5 Å². The van der Waals surface area contributed by atoms with Crippen molar-refractivity contribution in [3.8, 4) is 0 Å². The molecule has 0 aliphatic rings.